The molecule has 6 aromatic carbocycles. The third-order valence-electron chi connectivity index (χ3n) is 10.9. The monoisotopic (exact) mass is 869 g/mol. The number of thioether (sulfide) groups is 1. The topological polar surface area (TPSA) is 127 Å². The molecule has 9 nitrogen and oxygen atoms in total. The first-order valence-corrected chi connectivity index (χ1v) is 23.5. The van der Waals surface area contributed by atoms with Gasteiger partial charge in [-0.1, -0.05) is 140 Å². The molecule has 1 aromatic heterocycles. The van der Waals surface area contributed by atoms with Crippen LogP contribution in [0.25, 0.3) is 21.3 Å². The van der Waals surface area contributed by atoms with Crippen LogP contribution in [-0.2, 0) is 43.9 Å². The van der Waals surface area contributed by atoms with Crippen LogP contribution in [0.2, 0.25) is 0 Å². The third kappa shape index (κ3) is 10.5. The van der Waals surface area contributed by atoms with Gasteiger partial charge in [-0.2, -0.15) is 4.72 Å². The number of para-hydroxylation sites is 1. The summed E-state index contributed by atoms with van der Waals surface area (Å²) >= 11 is 3.38. The zero-order valence-electron chi connectivity index (χ0n) is 33.8. The van der Waals surface area contributed by atoms with E-state index >= 15 is 0 Å². The molecule has 12 heteroatoms. The van der Waals surface area contributed by atoms with E-state index in [-0.39, 0.29) is 42.6 Å². The second kappa shape index (κ2) is 19.3. The predicted octanol–water partition coefficient (Wildman–Crippen LogP) is 9.55. The summed E-state index contributed by atoms with van der Waals surface area (Å²) in [5.74, 6) is 0.293. The van der Waals surface area contributed by atoms with Crippen molar-refractivity contribution in [3.63, 3.8) is 0 Å². The fourth-order valence-electron chi connectivity index (χ4n) is 7.42. The van der Waals surface area contributed by atoms with E-state index in [4.69, 9.17) is 14.5 Å². The Morgan fingerprint density at radius 2 is 1.49 bits per heavy atom. The fraction of sp³-hybridized carbons (Fsp3) is 0.224. The number of aryl methyl sites for hydroxylation is 1. The highest BCUT2D eigenvalue weighted by molar-refractivity contribution is 8.01. The van der Waals surface area contributed by atoms with Gasteiger partial charge in [0, 0.05) is 23.8 Å². The van der Waals surface area contributed by atoms with E-state index in [0.29, 0.717) is 5.75 Å². The van der Waals surface area contributed by atoms with E-state index in [9.17, 15) is 18.3 Å². The molecule has 1 aliphatic rings. The Balaban J connectivity index is 0.992. The van der Waals surface area contributed by atoms with Crippen LogP contribution in [0, 0.1) is 12.8 Å². The van der Waals surface area contributed by atoms with Crippen molar-refractivity contribution in [2.24, 2.45) is 5.92 Å². The number of rotatable bonds is 15. The first-order chi connectivity index (χ1) is 29.6. The molecule has 8 rings (SSSR count). The Morgan fingerprint density at radius 3 is 2.25 bits per heavy atom. The molecule has 0 saturated carbocycles. The number of hydrogen-bond acceptors (Lipinski definition) is 9. The fourth-order valence-corrected chi connectivity index (χ4v) is 10.9. The second-order valence-corrected chi connectivity index (χ2v) is 19.3. The smallest absolute Gasteiger partial charge is 0.241 e. The van der Waals surface area contributed by atoms with Gasteiger partial charge < -0.3 is 19.9 Å². The SMILES string of the molecule is Cc1ccc(S(=O)(=O)NC(Cc2ccccc2)C(=O)NCc2cccc(-c3cccc(C4OC(CSc5nc6ccccc6s5)C(C)C(c5ccc(CO)cc5)O4)c3)c2)cc1. The Morgan fingerprint density at radius 1 is 0.787 bits per heavy atom. The minimum absolute atomic E-state index is 0.0263. The lowest BCUT2D eigenvalue weighted by atomic mass is 9.91. The van der Waals surface area contributed by atoms with Crippen molar-refractivity contribution in [3.05, 3.63) is 185 Å². The van der Waals surface area contributed by atoms with E-state index in [2.05, 4.69) is 29.1 Å². The zero-order chi connectivity index (χ0) is 42.3. The summed E-state index contributed by atoms with van der Waals surface area (Å²) in [4.78, 5) is 18.7. The normalized spacial score (nSPS) is 18.5. The number of carbonyl (C=O) groups excluding carboxylic acids is 1. The van der Waals surface area contributed by atoms with Crippen LogP contribution in [0.3, 0.4) is 0 Å². The molecule has 312 valence electrons. The Kier molecular flexibility index (Phi) is 13.4. The largest absolute Gasteiger partial charge is 0.392 e. The zero-order valence-corrected chi connectivity index (χ0v) is 36.3. The standard InChI is InChI=1S/C49H47N3O6S3/c1-32-18-24-41(25-19-32)61(55,56)52-43(27-34-10-4-3-5-11-34)47(54)50-29-36-12-8-13-38(26-36)39-14-9-15-40(28-39)48-57-44(31-59-49-51-42-16-6-7-17-45(42)60-49)33(2)46(58-48)37-22-20-35(30-53)21-23-37/h3-26,28,33,43-44,46,48,52-53H,27,29-31H2,1-2H3,(H,50,54). The van der Waals surface area contributed by atoms with Crippen molar-refractivity contribution in [3.8, 4) is 11.1 Å². The lowest BCUT2D eigenvalue weighted by molar-refractivity contribution is -0.268. The Bertz CT molecular complexity index is 2660. The van der Waals surface area contributed by atoms with E-state index in [1.807, 2.05) is 122 Å². The van der Waals surface area contributed by atoms with Gasteiger partial charge in [0.05, 0.1) is 33.9 Å². The third-order valence-corrected chi connectivity index (χ3v) is 14.6. The summed E-state index contributed by atoms with van der Waals surface area (Å²) in [6.45, 7) is 4.22. The van der Waals surface area contributed by atoms with Gasteiger partial charge >= 0.3 is 0 Å². The number of aromatic nitrogens is 1. The highest BCUT2D eigenvalue weighted by atomic mass is 32.2. The van der Waals surface area contributed by atoms with Gasteiger partial charge in [-0.15, -0.1) is 11.3 Å². The number of sulfonamides is 1. The van der Waals surface area contributed by atoms with Crippen molar-refractivity contribution in [2.75, 3.05) is 5.75 Å². The summed E-state index contributed by atoms with van der Waals surface area (Å²) in [6.07, 6.45) is -0.867. The van der Waals surface area contributed by atoms with E-state index in [1.165, 1.54) is 0 Å². The molecule has 1 saturated heterocycles. The highest BCUT2D eigenvalue weighted by Gasteiger charge is 2.38. The van der Waals surface area contributed by atoms with Crippen LogP contribution in [0.1, 0.15) is 52.7 Å². The van der Waals surface area contributed by atoms with Crippen molar-refractivity contribution < 1.29 is 27.8 Å². The molecular weight excluding hydrogens is 823 g/mol. The maximum absolute atomic E-state index is 13.8. The average molecular weight is 870 g/mol. The van der Waals surface area contributed by atoms with Crippen LogP contribution in [0.15, 0.2) is 161 Å². The molecule has 5 unspecified atom stereocenters. The lowest BCUT2D eigenvalue weighted by Crippen LogP contribution is -2.47. The summed E-state index contributed by atoms with van der Waals surface area (Å²) in [5, 5.41) is 12.7. The lowest BCUT2D eigenvalue weighted by Gasteiger charge is -2.41. The first kappa shape index (κ1) is 42.5. The average Bonchev–Trinajstić information content (AvgIpc) is 3.71. The molecule has 7 aromatic rings. The number of aliphatic hydroxyl groups excluding tert-OH is 1. The summed E-state index contributed by atoms with van der Waals surface area (Å²) in [7, 11) is -3.97. The molecule has 1 amide bonds. The van der Waals surface area contributed by atoms with Crippen LogP contribution in [0.5, 0.6) is 0 Å². The van der Waals surface area contributed by atoms with Crippen LogP contribution in [0.4, 0.5) is 0 Å². The predicted molar refractivity (Wildman–Crippen MR) is 242 cm³/mol. The quantitative estimate of drug-likeness (QED) is 0.0871. The summed E-state index contributed by atoms with van der Waals surface area (Å²) in [5.41, 5.74) is 8.25. The van der Waals surface area contributed by atoms with E-state index in [0.717, 1.165) is 59.1 Å². The number of amides is 1. The molecular formula is C49H47N3O6S3. The van der Waals surface area contributed by atoms with Crippen LogP contribution < -0.4 is 10.0 Å². The highest BCUT2D eigenvalue weighted by Crippen LogP contribution is 2.44. The Labute approximate surface area is 365 Å². The van der Waals surface area contributed by atoms with Crippen molar-refractivity contribution >= 4 is 49.2 Å². The number of hydrogen-bond donors (Lipinski definition) is 3. The molecule has 0 aliphatic carbocycles. The van der Waals surface area contributed by atoms with Gasteiger partial charge in [-0.3, -0.25) is 4.79 Å². The number of thiazole rings is 1. The maximum atomic E-state index is 13.8. The molecule has 2 heterocycles. The molecule has 0 spiro atoms. The van der Waals surface area contributed by atoms with Crippen LogP contribution in [-0.4, -0.2) is 42.3 Å². The van der Waals surface area contributed by atoms with Gasteiger partial charge in [0.1, 0.15) is 6.04 Å². The van der Waals surface area contributed by atoms with Crippen molar-refractivity contribution in [2.45, 2.75) is 67.2 Å². The molecule has 0 bridgehead atoms. The number of ether oxygens (including phenoxy) is 2. The minimum Gasteiger partial charge on any atom is -0.392 e. The molecule has 5 atom stereocenters. The van der Waals surface area contributed by atoms with Crippen LogP contribution >= 0.6 is 23.1 Å². The van der Waals surface area contributed by atoms with Gasteiger partial charge in [-0.05, 0) is 83.1 Å². The first-order valence-electron chi connectivity index (χ1n) is 20.2. The second-order valence-electron chi connectivity index (χ2n) is 15.3. The maximum Gasteiger partial charge on any atom is 0.241 e. The Hall–Kier alpha value is -5.18. The van der Waals surface area contributed by atoms with E-state index < -0.39 is 28.3 Å². The summed E-state index contributed by atoms with van der Waals surface area (Å²) < 4.78 is 45.2. The minimum atomic E-state index is -3.97. The molecule has 1 fully saturated rings. The molecule has 61 heavy (non-hydrogen) atoms. The van der Waals surface area contributed by atoms with Crippen molar-refractivity contribution in [1.29, 1.82) is 0 Å². The molecule has 0 radical (unpaired) electrons. The van der Waals surface area contributed by atoms with Gasteiger partial charge in [0.25, 0.3) is 0 Å². The number of aliphatic hydroxyl groups is 1. The molecule has 1 aliphatic heterocycles. The number of nitrogens with one attached hydrogen (secondary N) is 2. The van der Waals surface area contributed by atoms with E-state index in [1.54, 1.807) is 47.4 Å². The van der Waals surface area contributed by atoms with Gasteiger partial charge in [0.15, 0.2) is 10.6 Å². The van der Waals surface area contributed by atoms with Gasteiger partial charge in [-0.25, -0.2) is 13.4 Å². The van der Waals surface area contributed by atoms with Gasteiger partial charge in [0.2, 0.25) is 15.9 Å². The number of benzene rings is 6. The number of carbonyl (C=O) groups is 1. The van der Waals surface area contributed by atoms with Crippen molar-refractivity contribution in [1.82, 2.24) is 15.0 Å². The number of nitrogens with zero attached hydrogens (tertiary/aromatic N) is 1. The summed E-state index contributed by atoms with van der Waals surface area (Å²) in [6, 6.07) is 47.0. The molecule has 3 N–H and O–H groups in total. The number of fused-ring (bicyclic) bond motifs is 1.